The van der Waals surface area contributed by atoms with Crippen molar-refractivity contribution in [3.05, 3.63) is 52.2 Å². The van der Waals surface area contributed by atoms with Gasteiger partial charge in [-0.25, -0.2) is 4.79 Å². The van der Waals surface area contributed by atoms with E-state index in [4.69, 9.17) is 5.73 Å². The number of carbonyl (C=O) groups is 1. The summed E-state index contributed by atoms with van der Waals surface area (Å²) >= 11 is 1.66. The molecule has 1 heterocycles. The molecule has 1 unspecified atom stereocenters. The van der Waals surface area contributed by atoms with E-state index in [2.05, 4.69) is 16.8 Å². The molecule has 1 aliphatic carbocycles. The quantitative estimate of drug-likeness (QED) is 0.828. The van der Waals surface area contributed by atoms with Crippen molar-refractivity contribution in [1.82, 2.24) is 4.90 Å². The van der Waals surface area contributed by atoms with Crippen molar-refractivity contribution in [2.75, 3.05) is 0 Å². The minimum atomic E-state index is -0.384. The molecule has 5 heteroatoms. The predicted octanol–water partition coefficient (Wildman–Crippen LogP) is 4.66. The van der Waals surface area contributed by atoms with Crippen LogP contribution in [-0.4, -0.2) is 16.0 Å². The SMILES string of the molecule is NC(=O)N(Cc1ccc(O)cc1)C(c1ccsc1)C1CCCCC1. The molecule has 1 aliphatic rings. The normalized spacial score (nSPS) is 16.7. The number of hydrogen-bond donors (Lipinski definition) is 2. The molecule has 0 radical (unpaired) electrons. The molecule has 3 rings (SSSR count). The van der Waals surface area contributed by atoms with Gasteiger partial charge in [0.2, 0.25) is 0 Å². The number of rotatable bonds is 5. The molecule has 128 valence electrons. The Kier molecular flexibility index (Phi) is 5.41. The second-order valence-electron chi connectivity index (χ2n) is 6.53. The van der Waals surface area contributed by atoms with Gasteiger partial charge in [-0.3, -0.25) is 0 Å². The number of phenols is 1. The Hall–Kier alpha value is -2.01. The Bertz CT molecular complexity index is 649. The molecule has 2 aromatic rings. The van der Waals surface area contributed by atoms with Gasteiger partial charge in [0.1, 0.15) is 5.75 Å². The molecule has 1 aromatic heterocycles. The van der Waals surface area contributed by atoms with E-state index in [0.29, 0.717) is 12.5 Å². The number of carbonyl (C=O) groups excluding carboxylic acids is 1. The first-order chi connectivity index (χ1) is 11.6. The molecule has 2 amide bonds. The lowest BCUT2D eigenvalue weighted by Crippen LogP contribution is -2.41. The van der Waals surface area contributed by atoms with Crippen LogP contribution >= 0.6 is 11.3 Å². The number of benzene rings is 1. The predicted molar refractivity (Wildman–Crippen MR) is 96.9 cm³/mol. The second kappa shape index (κ2) is 7.71. The number of amides is 2. The third-order valence-electron chi connectivity index (χ3n) is 4.89. The summed E-state index contributed by atoms with van der Waals surface area (Å²) in [6.07, 6.45) is 6.00. The summed E-state index contributed by atoms with van der Waals surface area (Å²) in [5, 5.41) is 13.7. The fourth-order valence-corrected chi connectivity index (χ4v) is 4.40. The average Bonchev–Trinajstić information content (AvgIpc) is 3.11. The van der Waals surface area contributed by atoms with Crippen LogP contribution in [0.2, 0.25) is 0 Å². The average molecular weight is 344 g/mol. The lowest BCUT2D eigenvalue weighted by molar-refractivity contribution is 0.131. The fourth-order valence-electron chi connectivity index (χ4n) is 3.71. The second-order valence-corrected chi connectivity index (χ2v) is 7.31. The van der Waals surface area contributed by atoms with Crippen LogP contribution in [0.15, 0.2) is 41.1 Å². The summed E-state index contributed by atoms with van der Waals surface area (Å²) in [5.74, 6) is 0.684. The third kappa shape index (κ3) is 3.90. The van der Waals surface area contributed by atoms with E-state index in [1.165, 1.54) is 24.8 Å². The van der Waals surface area contributed by atoms with Crippen molar-refractivity contribution in [1.29, 1.82) is 0 Å². The number of phenolic OH excluding ortho intramolecular Hbond substituents is 1. The summed E-state index contributed by atoms with van der Waals surface area (Å²) < 4.78 is 0. The van der Waals surface area contributed by atoms with Crippen LogP contribution in [0.5, 0.6) is 5.75 Å². The summed E-state index contributed by atoms with van der Waals surface area (Å²) in [5.41, 5.74) is 7.93. The first-order valence-corrected chi connectivity index (χ1v) is 9.45. The van der Waals surface area contributed by atoms with E-state index in [-0.39, 0.29) is 17.8 Å². The van der Waals surface area contributed by atoms with Crippen molar-refractivity contribution in [3.8, 4) is 5.75 Å². The zero-order valence-corrected chi connectivity index (χ0v) is 14.5. The van der Waals surface area contributed by atoms with Gasteiger partial charge in [0.05, 0.1) is 6.04 Å². The minimum Gasteiger partial charge on any atom is -0.508 e. The number of nitrogens with zero attached hydrogens (tertiary/aromatic N) is 1. The molecule has 0 spiro atoms. The summed E-state index contributed by atoms with van der Waals surface area (Å²) in [4.78, 5) is 14.0. The number of primary amides is 1. The van der Waals surface area contributed by atoms with Gasteiger partial charge in [0.15, 0.2) is 0 Å². The maximum Gasteiger partial charge on any atom is 0.315 e. The van der Waals surface area contributed by atoms with Crippen molar-refractivity contribution >= 4 is 17.4 Å². The highest BCUT2D eigenvalue weighted by atomic mass is 32.1. The maximum atomic E-state index is 12.3. The van der Waals surface area contributed by atoms with E-state index in [1.54, 1.807) is 28.4 Å². The first-order valence-electron chi connectivity index (χ1n) is 8.51. The molecule has 1 saturated carbocycles. The lowest BCUT2D eigenvalue weighted by Gasteiger charge is -2.38. The molecular weight excluding hydrogens is 320 g/mol. The number of urea groups is 1. The molecule has 4 nitrogen and oxygen atoms in total. The van der Waals surface area contributed by atoms with Gasteiger partial charge in [0, 0.05) is 6.54 Å². The maximum absolute atomic E-state index is 12.3. The van der Waals surface area contributed by atoms with Crippen LogP contribution in [0.4, 0.5) is 4.79 Å². The van der Waals surface area contributed by atoms with E-state index in [0.717, 1.165) is 18.4 Å². The highest BCUT2D eigenvalue weighted by Crippen LogP contribution is 2.39. The van der Waals surface area contributed by atoms with Gasteiger partial charge >= 0.3 is 6.03 Å². The lowest BCUT2D eigenvalue weighted by atomic mass is 9.81. The Balaban J connectivity index is 1.88. The van der Waals surface area contributed by atoms with Crippen LogP contribution in [0.25, 0.3) is 0 Å². The zero-order valence-electron chi connectivity index (χ0n) is 13.7. The monoisotopic (exact) mass is 344 g/mol. The van der Waals surface area contributed by atoms with Crippen molar-refractivity contribution < 1.29 is 9.90 Å². The number of aromatic hydroxyl groups is 1. The number of hydrogen-bond acceptors (Lipinski definition) is 3. The van der Waals surface area contributed by atoms with Crippen molar-refractivity contribution in [2.24, 2.45) is 11.7 Å². The minimum absolute atomic E-state index is 0.0304. The largest absolute Gasteiger partial charge is 0.508 e. The smallest absolute Gasteiger partial charge is 0.315 e. The Morgan fingerprint density at radius 3 is 2.50 bits per heavy atom. The van der Waals surface area contributed by atoms with Gasteiger partial charge in [-0.1, -0.05) is 31.4 Å². The van der Waals surface area contributed by atoms with Crippen LogP contribution in [0, 0.1) is 5.92 Å². The van der Waals surface area contributed by atoms with E-state index in [9.17, 15) is 9.90 Å². The molecule has 24 heavy (non-hydrogen) atoms. The number of thiophene rings is 1. The van der Waals surface area contributed by atoms with Crippen LogP contribution < -0.4 is 5.73 Å². The molecule has 3 N–H and O–H groups in total. The van der Waals surface area contributed by atoms with Gasteiger partial charge < -0.3 is 15.7 Å². The van der Waals surface area contributed by atoms with E-state index in [1.807, 2.05) is 12.1 Å². The molecule has 0 saturated heterocycles. The van der Waals surface area contributed by atoms with Gasteiger partial charge in [-0.05, 0) is 58.8 Å². The Morgan fingerprint density at radius 2 is 1.92 bits per heavy atom. The molecule has 0 aliphatic heterocycles. The number of nitrogens with two attached hydrogens (primary N) is 1. The van der Waals surface area contributed by atoms with Crippen LogP contribution in [-0.2, 0) is 6.54 Å². The zero-order chi connectivity index (χ0) is 16.9. The first kappa shape index (κ1) is 16.8. The summed E-state index contributed by atoms with van der Waals surface area (Å²) in [6.45, 7) is 0.465. The van der Waals surface area contributed by atoms with E-state index >= 15 is 0 Å². The van der Waals surface area contributed by atoms with Crippen LogP contribution in [0.3, 0.4) is 0 Å². The molecule has 1 fully saturated rings. The van der Waals surface area contributed by atoms with Gasteiger partial charge in [-0.2, -0.15) is 11.3 Å². The standard InChI is InChI=1S/C19H24N2O2S/c20-19(23)21(12-14-6-8-17(22)9-7-14)18(16-10-11-24-13-16)15-4-2-1-3-5-15/h6-11,13,15,18,22H,1-5,12H2,(H2,20,23). The molecule has 1 aromatic carbocycles. The highest BCUT2D eigenvalue weighted by molar-refractivity contribution is 7.08. The van der Waals surface area contributed by atoms with Crippen LogP contribution in [0.1, 0.15) is 49.3 Å². The van der Waals surface area contributed by atoms with Gasteiger partial charge in [-0.15, -0.1) is 0 Å². The van der Waals surface area contributed by atoms with Crippen molar-refractivity contribution in [2.45, 2.75) is 44.7 Å². The summed E-state index contributed by atoms with van der Waals surface area (Å²) in [6, 6.07) is 8.74. The fraction of sp³-hybridized carbons (Fsp3) is 0.421. The highest BCUT2D eigenvalue weighted by Gasteiger charge is 2.32. The topological polar surface area (TPSA) is 66.6 Å². The van der Waals surface area contributed by atoms with Gasteiger partial charge in [0.25, 0.3) is 0 Å². The molecular formula is C19H24N2O2S. The van der Waals surface area contributed by atoms with Crippen molar-refractivity contribution in [3.63, 3.8) is 0 Å². The van der Waals surface area contributed by atoms with E-state index < -0.39 is 0 Å². The summed E-state index contributed by atoms with van der Waals surface area (Å²) in [7, 11) is 0. The molecule has 0 bridgehead atoms. The Morgan fingerprint density at radius 1 is 1.21 bits per heavy atom. The Labute approximate surface area is 146 Å². The molecule has 1 atom stereocenters. The third-order valence-corrected chi connectivity index (χ3v) is 5.59.